The van der Waals surface area contributed by atoms with Gasteiger partial charge in [-0.3, -0.25) is 9.69 Å². The third kappa shape index (κ3) is 3.32. The summed E-state index contributed by atoms with van der Waals surface area (Å²) in [5, 5.41) is 3.31. The Kier molecular flexibility index (Phi) is 4.42. The Morgan fingerprint density at radius 2 is 2.19 bits per heavy atom. The van der Waals surface area contributed by atoms with E-state index in [4.69, 9.17) is 5.73 Å². The van der Waals surface area contributed by atoms with E-state index < -0.39 is 5.54 Å². The number of nitrogens with two attached hydrogens (primary N) is 1. The van der Waals surface area contributed by atoms with Gasteiger partial charge in [-0.05, 0) is 78.3 Å². The Balaban J connectivity index is 1.84. The van der Waals surface area contributed by atoms with Gasteiger partial charge in [0.15, 0.2) is 5.96 Å². The van der Waals surface area contributed by atoms with E-state index in [0.717, 1.165) is 11.5 Å². The van der Waals surface area contributed by atoms with E-state index in [1.54, 1.807) is 18.4 Å². The molecule has 4 rings (SSSR count). The second kappa shape index (κ2) is 6.64. The Morgan fingerprint density at radius 1 is 1.41 bits per heavy atom. The largest absolute Gasteiger partial charge is 0.369 e. The molecule has 2 heterocycles. The molecule has 1 atom stereocenters. The molecule has 0 radical (unpaired) electrons. The lowest BCUT2D eigenvalue weighted by Crippen LogP contribution is -2.47. The number of nitrogens with zero attached hydrogens (tertiary/aromatic N) is 2. The van der Waals surface area contributed by atoms with Gasteiger partial charge >= 0.3 is 0 Å². The van der Waals surface area contributed by atoms with Crippen LogP contribution in [0, 0.1) is 5.92 Å². The van der Waals surface area contributed by atoms with E-state index in [0.29, 0.717) is 6.42 Å². The van der Waals surface area contributed by atoms with Crippen LogP contribution in [0.1, 0.15) is 44.2 Å². The lowest BCUT2D eigenvalue weighted by Gasteiger charge is -2.34. The lowest BCUT2D eigenvalue weighted by molar-refractivity contribution is -0.128. The number of aliphatic imine (C=N–C) groups is 1. The molecule has 2 N–H and O–H groups in total. The third-order valence-corrected chi connectivity index (χ3v) is 6.50. The van der Waals surface area contributed by atoms with E-state index in [1.807, 2.05) is 6.92 Å². The van der Waals surface area contributed by atoms with Gasteiger partial charge in [-0.25, -0.2) is 4.99 Å². The Hall–Kier alpha value is -2.40. The van der Waals surface area contributed by atoms with Crippen LogP contribution in [0.2, 0.25) is 0 Å². The summed E-state index contributed by atoms with van der Waals surface area (Å²) in [5.74, 6) is 1.01. The molecule has 2 aliphatic rings. The number of allylic oxidation sites excluding steroid dienone is 4. The number of hydrogen-bond acceptors (Lipinski definition) is 4. The SMILES string of the molecule is C/C=C(\C=C/C1CC1)c1cc([C@]2(C)CC(=O)N(C)C(N)=N2)cc2ccsc12. The molecule has 1 aliphatic carbocycles. The highest BCUT2D eigenvalue weighted by atomic mass is 32.1. The van der Waals surface area contributed by atoms with Crippen LogP contribution in [0.5, 0.6) is 0 Å². The van der Waals surface area contributed by atoms with E-state index >= 15 is 0 Å². The average Bonchev–Trinajstić information content (AvgIpc) is 3.34. The number of hydrogen-bond donors (Lipinski definition) is 1. The van der Waals surface area contributed by atoms with Gasteiger partial charge in [0.05, 0.1) is 12.0 Å². The highest BCUT2D eigenvalue weighted by Crippen LogP contribution is 2.40. The summed E-state index contributed by atoms with van der Waals surface area (Å²) in [5.41, 5.74) is 8.84. The minimum atomic E-state index is -0.641. The minimum Gasteiger partial charge on any atom is -0.369 e. The van der Waals surface area contributed by atoms with E-state index in [-0.39, 0.29) is 11.9 Å². The molecule has 0 saturated heterocycles. The van der Waals surface area contributed by atoms with Gasteiger partial charge in [0.2, 0.25) is 5.91 Å². The molecular formula is C22H25N3OS. The number of amides is 1. The Labute approximate surface area is 164 Å². The first-order valence-corrected chi connectivity index (χ1v) is 10.3. The molecule has 5 heteroatoms. The van der Waals surface area contributed by atoms with Gasteiger partial charge in [-0.1, -0.05) is 18.2 Å². The highest BCUT2D eigenvalue weighted by Gasteiger charge is 2.36. The maximum absolute atomic E-state index is 12.4. The summed E-state index contributed by atoms with van der Waals surface area (Å²) in [7, 11) is 1.68. The van der Waals surface area contributed by atoms with Crippen LogP contribution in [0.15, 0.2) is 46.8 Å². The lowest BCUT2D eigenvalue weighted by atomic mass is 9.85. The van der Waals surface area contributed by atoms with Gasteiger partial charge in [-0.2, -0.15) is 0 Å². The van der Waals surface area contributed by atoms with Crippen molar-refractivity contribution in [3.05, 3.63) is 52.9 Å². The summed E-state index contributed by atoms with van der Waals surface area (Å²) >= 11 is 1.75. The van der Waals surface area contributed by atoms with E-state index in [2.05, 4.69) is 53.7 Å². The van der Waals surface area contributed by atoms with Crippen molar-refractivity contribution in [3.8, 4) is 0 Å². The van der Waals surface area contributed by atoms with Crippen molar-refractivity contribution in [1.29, 1.82) is 0 Å². The Bertz CT molecular complexity index is 996. The first-order chi connectivity index (χ1) is 12.9. The Morgan fingerprint density at radius 3 is 2.85 bits per heavy atom. The molecule has 1 saturated carbocycles. The molecule has 0 bridgehead atoms. The zero-order chi connectivity index (χ0) is 19.2. The second-order valence-corrected chi connectivity index (χ2v) is 8.59. The number of carbonyl (C=O) groups is 1. The summed E-state index contributed by atoms with van der Waals surface area (Å²) in [4.78, 5) is 18.5. The fourth-order valence-corrected chi connectivity index (χ4v) is 4.47. The number of thiophene rings is 1. The van der Waals surface area contributed by atoms with Crippen molar-refractivity contribution in [3.63, 3.8) is 0 Å². The van der Waals surface area contributed by atoms with Crippen LogP contribution >= 0.6 is 11.3 Å². The fraction of sp³-hybridized carbons (Fsp3) is 0.364. The smallest absolute Gasteiger partial charge is 0.231 e. The minimum absolute atomic E-state index is 0.00291. The topological polar surface area (TPSA) is 58.7 Å². The van der Waals surface area contributed by atoms with Crippen LogP contribution in [0.4, 0.5) is 0 Å². The van der Waals surface area contributed by atoms with Crippen LogP contribution in [-0.2, 0) is 10.3 Å². The highest BCUT2D eigenvalue weighted by molar-refractivity contribution is 7.17. The quantitative estimate of drug-likeness (QED) is 0.785. The molecular weight excluding hydrogens is 354 g/mol. The van der Waals surface area contributed by atoms with Gasteiger partial charge in [0.25, 0.3) is 0 Å². The van der Waals surface area contributed by atoms with Crippen LogP contribution < -0.4 is 5.73 Å². The number of guanidine groups is 1. The summed E-state index contributed by atoms with van der Waals surface area (Å²) in [6.45, 7) is 4.08. The second-order valence-electron chi connectivity index (χ2n) is 7.68. The van der Waals surface area contributed by atoms with Gasteiger partial charge in [-0.15, -0.1) is 11.3 Å². The maximum atomic E-state index is 12.4. The summed E-state index contributed by atoms with van der Waals surface area (Å²) in [6, 6.07) is 6.49. The monoisotopic (exact) mass is 379 g/mol. The number of carbonyl (C=O) groups excluding carboxylic acids is 1. The van der Waals surface area contributed by atoms with Crippen molar-refractivity contribution in [1.82, 2.24) is 4.90 Å². The maximum Gasteiger partial charge on any atom is 0.231 e. The summed E-state index contributed by atoms with van der Waals surface area (Å²) < 4.78 is 1.27. The molecule has 0 unspecified atom stereocenters. The molecule has 1 aromatic carbocycles. The molecule has 2 aromatic rings. The molecule has 1 aromatic heterocycles. The van der Waals surface area contributed by atoms with Crippen LogP contribution in [-0.4, -0.2) is 23.8 Å². The number of benzene rings is 1. The first-order valence-electron chi connectivity index (χ1n) is 9.40. The first kappa shape index (κ1) is 18.0. The molecule has 140 valence electrons. The number of rotatable bonds is 4. The zero-order valence-electron chi connectivity index (χ0n) is 16.0. The van der Waals surface area contributed by atoms with Crippen LogP contribution in [0.25, 0.3) is 15.7 Å². The van der Waals surface area contributed by atoms with Crippen LogP contribution in [0.3, 0.4) is 0 Å². The molecule has 1 amide bonds. The predicted octanol–water partition coefficient (Wildman–Crippen LogP) is 4.66. The van der Waals surface area contributed by atoms with Gasteiger partial charge in [0.1, 0.15) is 0 Å². The van der Waals surface area contributed by atoms with Crippen molar-refractivity contribution >= 4 is 38.9 Å². The standard InChI is InChI=1S/C22H25N3OS/c1-4-15(8-7-14-5-6-14)18-12-17(11-16-9-10-27-20(16)18)22(2)13-19(26)25(3)21(23)24-22/h4,7-12,14H,5-6,13H2,1-3H3,(H2,23,24)/b8-7-,15-4+/t22-/m0/s1. The normalized spacial score (nSPS) is 24.1. The summed E-state index contributed by atoms with van der Waals surface area (Å²) in [6.07, 6.45) is 9.64. The molecule has 27 heavy (non-hydrogen) atoms. The molecule has 0 spiro atoms. The van der Waals surface area contributed by atoms with Crippen molar-refractivity contribution in [2.45, 2.75) is 38.6 Å². The zero-order valence-corrected chi connectivity index (χ0v) is 16.8. The van der Waals surface area contributed by atoms with Gasteiger partial charge < -0.3 is 5.73 Å². The van der Waals surface area contributed by atoms with Crippen molar-refractivity contribution in [2.75, 3.05) is 7.05 Å². The molecule has 1 fully saturated rings. The molecule has 1 aliphatic heterocycles. The number of fused-ring (bicyclic) bond motifs is 1. The fourth-order valence-electron chi connectivity index (χ4n) is 3.55. The van der Waals surface area contributed by atoms with E-state index in [9.17, 15) is 4.79 Å². The average molecular weight is 380 g/mol. The van der Waals surface area contributed by atoms with Gasteiger partial charge in [0, 0.05) is 11.7 Å². The third-order valence-electron chi connectivity index (χ3n) is 5.54. The molecule has 4 nitrogen and oxygen atoms in total. The van der Waals surface area contributed by atoms with Crippen molar-refractivity contribution < 1.29 is 4.79 Å². The van der Waals surface area contributed by atoms with E-state index in [1.165, 1.54) is 39.0 Å². The predicted molar refractivity (Wildman–Crippen MR) is 114 cm³/mol. The van der Waals surface area contributed by atoms with Crippen molar-refractivity contribution in [2.24, 2.45) is 16.6 Å².